The predicted octanol–water partition coefficient (Wildman–Crippen LogP) is 3.33. The van der Waals surface area contributed by atoms with Crippen LogP contribution in [0.15, 0.2) is 28.9 Å². The van der Waals surface area contributed by atoms with E-state index in [1.54, 1.807) is 19.3 Å². The van der Waals surface area contributed by atoms with E-state index in [4.69, 9.17) is 4.42 Å². The molecule has 0 radical (unpaired) electrons. The third-order valence-corrected chi connectivity index (χ3v) is 4.27. The van der Waals surface area contributed by atoms with E-state index in [1.807, 2.05) is 17.9 Å². The van der Waals surface area contributed by atoms with Crippen LogP contribution >= 0.6 is 11.3 Å². The summed E-state index contributed by atoms with van der Waals surface area (Å²) in [7, 11) is 0. The van der Waals surface area contributed by atoms with Crippen LogP contribution in [0, 0.1) is 10.1 Å². The molecule has 2 aromatic rings. The molecule has 0 fully saturated rings. The Morgan fingerprint density at radius 3 is 2.85 bits per heavy atom. The van der Waals surface area contributed by atoms with Crippen LogP contribution < -0.4 is 4.90 Å². The number of nitrogens with zero attached hydrogens (tertiary/aromatic N) is 2. The van der Waals surface area contributed by atoms with Crippen molar-refractivity contribution in [2.24, 2.45) is 0 Å². The van der Waals surface area contributed by atoms with Gasteiger partial charge in [0.15, 0.2) is 5.00 Å². The van der Waals surface area contributed by atoms with Crippen molar-refractivity contribution in [2.75, 3.05) is 11.4 Å². The molecule has 0 spiro atoms. The predicted molar refractivity (Wildman–Crippen MR) is 77.0 cm³/mol. The number of nitro groups is 1. The highest BCUT2D eigenvalue weighted by Gasteiger charge is 2.25. The van der Waals surface area contributed by atoms with Gasteiger partial charge in [-0.15, -0.1) is 11.3 Å². The fourth-order valence-electron chi connectivity index (χ4n) is 1.87. The summed E-state index contributed by atoms with van der Waals surface area (Å²) in [6.45, 7) is 4.60. The Morgan fingerprint density at radius 1 is 1.60 bits per heavy atom. The topological polar surface area (TPSA) is 79.8 Å². The Morgan fingerprint density at radius 2 is 2.35 bits per heavy atom. The maximum atomic E-state index is 11.2. The molecule has 20 heavy (non-hydrogen) atoms. The van der Waals surface area contributed by atoms with Gasteiger partial charge in [-0.05, 0) is 26.0 Å². The normalized spacial score (nSPS) is 12.3. The first-order chi connectivity index (χ1) is 9.52. The third kappa shape index (κ3) is 3.00. The van der Waals surface area contributed by atoms with E-state index < -0.39 is 11.0 Å². The number of hydrogen-bond acceptors (Lipinski definition) is 6. The molecule has 2 heterocycles. The highest BCUT2D eigenvalue weighted by Crippen LogP contribution is 2.40. The monoisotopic (exact) mass is 296 g/mol. The summed E-state index contributed by atoms with van der Waals surface area (Å²) in [4.78, 5) is 13.2. The van der Waals surface area contributed by atoms with Gasteiger partial charge in [0, 0.05) is 17.5 Å². The second-order valence-electron chi connectivity index (χ2n) is 4.37. The second-order valence-corrected chi connectivity index (χ2v) is 5.43. The van der Waals surface area contributed by atoms with Crippen LogP contribution in [-0.2, 0) is 6.54 Å². The first-order valence-corrected chi connectivity index (χ1v) is 7.08. The Bertz CT molecular complexity index is 577. The smallest absolute Gasteiger partial charge is 0.304 e. The molecule has 7 heteroatoms. The fraction of sp³-hybridized carbons (Fsp3) is 0.385. The number of hydrogen-bond donors (Lipinski definition) is 1. The van der Waals surface area contributed by atoms with Crippen LogP contribution in [0.4, 0.5) is 10.7 Å². The van der Waals surface area contributed by atoms with Gasteiger partial charge >= 0.3 is 5.69 Å². The van der Waals surface area contributed by atoms with Crippen LogP contribution in [0.1, 0.15) is 30.6 Å². The van der Waals surface area contributed by atoms with Gasteiger partial charge in [0.25, 0.3) is 0 Å². The molecule has 0 aliphatic carbocycles. The maximum Gasteiger partial charge on any atom is 0.304 e. The maximum absolute atomic E-state index is 11.2. The van der Waals surface area contributed by atoms with Gasteiger partial charge in [-0.25, -0.2) is 0 Å². The summed E-state index contributed by atoms with van der Waals surface area (Å²) < 4.78 is 5.29. The van der Waals surface area contributed by atoms with Crippen LogP contribution in [0.3, 0.4) is 0 Å². The Hall–Kier alpha value is -1.86. The summed E-state index contributed by atoms with van der Waals surface area (Å²) in [5.41, 5.74) is 0.0271. The average Bonchev–Trinajstić information content (AvgIpc) is 3.04. The largest absolute Gasteiger partial charge is 0.467 e. The third-order valence-electron chi connectivity index (χ3n) is 2.92. The first-order valence-electron chi connectivity index (χ1n) is 6.26. The minimum Gasteiger partial charge on any atom is -0.467 e. The van der Waals surface area contributed by atoms with Crippen molar-refractivity contribution in [1.29, 1.82) is 0 Å². The quantitative estimate of drug-likeness (QED) is 0.653. The summed E-state index contributed by atoms with van der Waals surface area (Å²) in [5.74, 6) is 0.744. The number of aliphatic hydroxyl groups excluding tert-OH is 1. The lowest BCUT2D eigenvalue weighted by molar-refractivity contribution is -0.383. The van der Waals surface area contributed by atoms with Gasteiger partial charge < -0.3 is 14.4 Å². The number of aliphatic hydroxyl groups is 1. The van der Waals surface area contributed by atoms with Gasteiger partial charge in [-0.2, -0.15) is 0 Å². The van der Waals surface area contributed by atoms with Crippen molar-refractivity contribution >= 4 is 22.0 Å². The molecule has 0 aliphatic heterocycles. The number of thiophene rings is 1. The van der Waals surface area contributed by atoms with E-state index in [2.05, 4.69) is 0 Å². The molecule has 1 N–H and O–H groups in total. The molecule has 0 aliphatic rings. The van der Waals surface area contributed by atoms with Gasteiger partial charge in [-0.1, -0.05) is 0 Å². The number of rotatable bonds is 6. The molecule has 0 amide bonds. The molecule has 6 nitrogen and oxygen atoms in total. The highest BCUT2D eigenvalue weighted by atomic mass is 32.1. The highest BCUT2D eigenvalue weighted by molar-refractivity contribution is 7.16. The van der Waals surface area contributed by atoms with Crippen LogP contribution in [0.2, 0.25) is 0 Å². The van der Waals surface area contributed by atoms with E-state index in [0.717, 1.165) is 5.76 Å². The number of furan rings is 1. The van der Waals surface area contributed by atoms with E-state index in [-0.39, 0.29) is 5.69 Å². The van der Waals surface area contributed by atoms with Gasteiger partial charge in [0.1, 0.15) is 5.76 Å². The van der Waals surface area contributed by atoms with E-state index in [0.29, 0.717) is 23.0 Å². The van der Waals surface area contributed by atoms with Crippen molar-refractivity contribution in [3.05, 3.63) is 45.2 Å². The molecular weight excluding hydrogens is 280 g/mol. The lowest BCUT2D eigenvalue weighted by atomic mass is 10.3. The number of anilines is 1. The zero-order valence-electron chi connectivity index (χ0n) is 11.3. The Labute approximate surface area is 120 Å². The minimum atomic E-state index is -0.713. The minimum absolute atomic E-state index is 0.0271. The Balaban J connectivity index is 2.34. The molecule has 108 valence electrons. The van der Waals surface area contributed by atoms with Crippen molar-refractivity contribution in [2.45, 2.75) is 26.5 Å². The van der Waals surface area contributed by atoms with Crippen molar-refractivity contribution in [3.8, 4) is 0 Å². The Kier molecular flexibility index (Phi) is 4.41. The molecule has 2 rings (SSSR count). The lowest BCUT2D eigenvalue weighted by Gasteiger charge is -2.19. The van der Waals surface area contributed by atoms with E-state index >= 15 is 0 Å². The fourth-order valence-corrected chi connectivity index (χ4v) is 3.00. The van der Waals surface area contributed by atoms with Gasteiger partial charge in [0.05, 0.1) is 23.8 Å². The summed E-state index contributed by atoms with van der Waals surface area (Å²) in [6, 6.07) is 5.06. The molecule has 2 aromatic heterocycles. The zero-order chi connectivity index (χ0) is 14.7. The summed E-state index contributed by atoms with van der Waals surface area (Å²) in [5, 5.41) is 21.3. The SMILES string of the molecule is CCN(Cc1ccco1)c1sc([C@@H](C)O)cc1[N+](=O)[O-]. The zero-order valence-corrected chi connectivity index (χ0v) is 12.1. The van der Waals surface area contributed by atoms with Gasteiger partial charge in [-0.3, -0.25) is 10.1 Å². The molecular formula is C13H16N2O4S. The van der Waals surface area contributed by atoms with Gasteiger partial charge in [0.2, 0.25) is 0 Å². The molecule has 0 bridgehead atoms. The van der Waals surface area contributed by atoms with Crippen molar-refractivity contribution in [1.82, 2.24) is 0 Å². The standard InChI is InChI=1S/C13H16N2O4S/c1-3-14(8-10-5-4-6-19-10)13-11(15(17)18)7-12(20-13)9(2)16/h4-7,9,16H,3,8H2,1-2H3/t9-/m1/s1. The van der Waals surface area contributed by atoms with Crippen LogP contribution in [0.25, 0.3) is 0 Å². The molecule has 0 saturated carbocycles. The van der Waals surface area contributed by atoms with E-state index in [1.165, 1.54) is 17.4 Å². The van der Waals surface area contributed by atoms with Crippen molar-refractivity contribution in [3.63, 3.8) is 0 Å². The van der Waals surface area contributed by atoms with Crippen LogP contribution in [0.5, 0.6) is 0 Å². The summed E-state index contributed by atoms with van der Waals surface area (Å²) >= 11 is 1.24. The molecule has 1 atom stereocenters. The molecule has 0 aromatic carbocycles. The van der Waals surface area contributed by atoms with Crippen molar-refractivity contribution < 1.29 is 14.4 Å². The lowest BCUT2D eigenvalue weighted by Crippen LogP contribution is -2.21. The molecule has 0 unspecified atom stereocenters. The van der Waals surface area contributed by atoms with E-state index in [9.17, 15) is 15.2 Å². The van der Waals surface area contributed by atoms with Crippen LogP contribution in [-0.4, -0.2) is 16.6 Å². The second kappa shape index (κ2) is 6.06. The average molecular weight is 296 g/mol. The first kappa shape index (κ1) is 14.5. The molecule has 0 saturated heterocycles. The summed E-state index contributed by atoms with van der Waals surface area (Å²) in [6.07, 6.45) is 0.863.